The zero-order valence-corrected chi connectivity index (χ0v) is 15.3. The van der Waals surface area contributed by atoms with E-state index in [0.717, 1.165) is 22.3 Å². The summed E-state index contributed by atoms with van der Waals surface area (Å²) < 4.78 is 39.3. The number of aromatic hydroxyl groups is 1. The Balaban J connectivity index is 1.85. The van der Waals surface area contributed by atoms with Crippen molar-refractivity contribution in [1.82, 2.24) is 9.55 Å². The van der Waals surface area contributed by atoms with Crippen LogP contribution in [0.25, 0.3) is 5.69 Å². The number of nitrogens with one attached hydrogen (secondary N) is 1. The van der Waals surface area contributed by atoms with Crippen LogP contribution in [0.15, 0.2) is 59.7 Å². The van der Waals surface area contributed by atoms with Gasteiger partial charge in [-0.25, -0.2) is 4.98 Å². The highest BCUT2D eigenvalue weighted by molar-refractivity contribution is 5.67. The first-order chi connectivity index (χ1) is 14.1. The van der Waals surface area contributed by atoms with E-state index >= 15 is 0 Å². The summed E-state index contributed by atoms with van der Waals surface area (Å²) in [7, 11) is 0. The molecule has 1 aromatic heterocycles. The van der Waals surface area contributed by atoms with Crippen LogP contribution in [0, 0.1) is 0 Å². The van der Waals surface area contributed by atoms with Crippen molar-refractivity contribution in [2.45, 2.75) is 19.0 Å². The second kappa shape index (κ2) is 8.27. The van der Waals surface area contributed by atoms with E-state index < -0.39 is 29.0 Å². The van der Waals surface area contributed by atoms with Gasteiger partial charge in [0.25, 0.3) is 5.56 Å². The van der Waals surface area contributed by atoms with Crippen LogP contribution in [-0.4, -0.2) is 25.7 Å². The number of aromatic nitrogens is 2. The Kier molecular flexibility index (Phi) is 5.77. The monoisotopic (exact) mass is 419 g/mol. The molecule has 0 spiro atoms. The maximum absolute atomic E-state index is 12.8. The predicted molar refractivity (Wildman–Crippen MR) is 102 cm³/mol. The van der Waals surface area contributed by atoms with Crippen LogP contribution in [0.1, 0.15) is 17.5 Å². The van der Waals surface area contributed by atoms with Gasteiger partial charge in [-0.15, -0.1) is 0 Å². The first kappa shape index (κ1) is 20.9. The minimum Gasteiger partial charge on any atom is -0.506 e. The second-order valence-corrected chi connectivity index (χ2v) is 6.37. The zero-order valence-electron chi connectivity index (χ0n) is 15.3. The number of carboxylic acids is 1. The number of rotatable bonds is 6. The smallest absolute Gasteiger partial charge is 0.416 e. The Morgan fingerprint density at radius 1 is 1.13 bits per heavy atom. The molecule has 0 fully saturated rings. The summed E-state index contributed by atoms with van der Waals surface area (Å²) in [6.45, 7) is 0. The average Bonchev–Trinajstić information content (AvgIpc) is 2.68. The molecule has 2 aromatic carbocycles. The summed E-state index contributed by atoms with van der Waals surface area (Å²) >= 11 is 0. The van der Waals surface area contributed by atoms with Gasteiger partial charge in [-0.2, -0.15) is 13.2 Å². The second-order valence-electron chi connectivity index (χ2n) is 6.37. The number of halogens is 3. The maximum atomic E-state index is 12.8. The Morgan fingerprint density at radius 3 is 2.43 bits per heavy atom. The number of alkyl halides is 3. The Bertz CT molecular complexity index is 1130. The molecule has 0 bridgehead atoms. The van der Waals surface area contributed by atoms with E-state index in [4.69, 9.17) is 5.11 Å². The lowest BCUT2D eigenvalue weighted by molar-refractivity contribution is -0.138. The van der Waals surface area contributed by atoms with Gasteiger partial charge in [0.15, 0.2) is 5.82 Å². The van der Waals surface area contributed by atoms with E-state index in [1.165, 1.54) is 12.4 Å². The molecule has 156 valence electrons. The van der Waals surface area contributed by atoms with E-state index in [1.807, 2.05) is 0 Å². The first-order valence-electron chi connectivity index (χ1n) is 8.71. The van der Waals surface area contributed by atoms with Crippen LogP contribution in [-0.2, 0) is 17.4 Å². The van der Waals surface area contributed by atoms with Gasteiger partial charge in [0.1, 0.15) is 5.75 Å². The number of phenols is 1. The standard InChI is InChI=1S/C20H16F3N3O4/c21-20(22,23)13-4-7-15(16(27)11-13)26-10-9-24-18(19(26)30)25-14-5-1-12(2-6-14)3-8-17(28)29/h1-2,4-7,9-11,27H,3,8H2,(H,24,25)(H,28,29). The molecule has 1 heterocycles. The molecule has 0 radical (unpaired) electrons. The summed E-state index contributed by atoms with van der Waals surface area (Å²) in [4.78, 5) is 27.3. The number of carboxylic acid groups (broad SMARTS) is 1. The lowest BCUT2D eigenvalue weighted by Crippen LogP contribution is -2.22. The molecule has 0 amide bonds. The van der Waals surface area contributed by atoms with Crippen molar-refractivity contribution in [3.05, 3.63) is 76.3 Å². The Morgan fingerprint density at radius 2 is 1.83 bits per heavy atom. The lowest BCUT2D eigenvalue weighted by Gasteiger charge is -2.13. The molecule has 0 aliphatic rings. The fourth-order valence-electron chi connectivity index (χ4n) is 2.73. The fraction of sp³-hybridized carbons (Fsp3) is 0.150. The van der Waals surface area contributed by atoms with Crippen LogP contribution in [0.4, 0.5) is 24.7 Å². The topological polar surface area (TPSA) is 104 Å². The van der Waals surface area contributed by atoms with Crippen LogP contribution >= 0.6 is 0 Å². The molecule has 3 aromatic rings. The highest BCUT2D eigenvalue weighted by Gasteiger charge is 2.31. The molecular formula is C20H16F3N3O4. The zero-order chi connectivity index (χ0) is 21.9. The van der Waals surface area contributed by atoms with Gasteiger partial charge in [0.05, 0.1) is 11.3 Å². The third-order valence-corrected chi connectivity index (χ3v) is 4.25. The largest absolute Gasteiger partial charge is 0.506 e. The summed E-state index contributed by atoms with van der Waals surface area (Å²) in [5.41, 5.74) is -0.527. The third kappa shape index (κ3) is 4.77. The highest BCUT2D eigenvalue weighted by Crippen LogP contribution is 2.33. The quantitative estimate of drug-likeness (QED) is 0.563. The number of carbonyl (C=O) groups is 1. The molecule has 0 unspecified atom stereocenters. The molecule has 30 heavy (non-hydrogen) atoms. The van der Waals surface area contributed by atoms with Gasteiger partial charge in [0.2, 0.25) is 0 Å². The normalized spacial score (nSPS) is 11.3. The molecule has 0 aliphatic heterocycles. The van der Waals surface area contributed by atoms with Gasteiger partial charge in [0, 0.05) is 24.5 Å². The minimum absolute atomic E-state index is 0.00561. The number of benzene rings is 2. The fourth-order valence-corrected chi connectivity index (χ4v) is 2.73. The number of hydrogen-bond donors (Lipinski definition) is 3. The highest BCUT2D eigenvalue weighted by atomic mass is 19.4. The Labute approximate surface area is 168 Å². The van der Waals surface area contributed by atoms with Crippen molar-refractivity contribution < 1.29 is 28.2 Å². The van der Waals surface area contributed by atoms with E-state index in [-0.39, 0.29) is 17.9 Å². The molecule has 0 saturated heterocycles. The third-order valence-electron chi connectivity index (χ3n) is 4.25. The van der Waals surface area contributed by atoms with Crippen LogP contribution in [0.5, 0.6) is 5.75 Å². The average molecular weight is 419 g/mol. The van der Waals surface area contributed by atoms with E-state index in [0.29, 0.717) is 18.2 Å². The number of phenolic OH excluding ortho intramolecular Hbond substituents is 1. The maximum Gasteiger partial charge on any atom is 0.416 e. The molecule has 3 N–H and O–H groups in total. The molecule has 7 nitrogen and oxygen atoms in total. The van der Waals surface area contributed by atoms with Gasteiger partial charge in [-0.05, 0) is 42.3 Å². The minimum atomic E-state index is -4.62. The van der Waals surface area contributed by atoms with Crippen molar-refractivity contribution in [2.24, 2.45) is 0 Å². The molecule has 0 saturated carbocycles. The predicted octanol–water partition coefficient (Wildman–Crippen LogP) is 3.72. The molecule has 0 aliphatic carbocycles. The number of aryl methyl sites for hydroxylation is 1. The van der Waals surface area contributed by atoms with Gasteiger partial charge < -0.3 is 15.5 Å². The van der Waals surface area contributed by atoms with Crippen molar-refractivity contribution in [3.63, 3.8) is 0 Å². The summed E-state index contributed by atoms with van der Waals surface area (Å²) in [5.74, 6) is -1.71. The summed E-state index contributed by atoms with van der Waals surface area (Å²) in [6, 6.07) is 9.01. The van der Waals surface area contributed by atoms with E-state index in [1.54, 1.807) is 24.3 Å². The number of hydrogen-bond acceptors (Lipinski definition) is 5. The number of nitrogens with zero attached hydrogens (tertiary/aromatic N) is 2. The summed E-state index contributed by atoms with van der Waals surface area (Å²) in [5, 5.41) is 21.5. The van der Waals surface area contributed by atoms with Gasteiger partial charge in [-0.1, -0.05) is 12.1 Å². The van der Waals surface area contributed by atoms with Crippen LogP contribution in [0.3, 0.4) is 0 Å². The first-order valence-corrected chi connectivity index (χ1v) is 8.71. The van der Waals surface area contributed by atoms with Gasteiger partial charge >= 0.3 is 12.1 Å². The molecule has 0 atom stereocenters. The lowest BCUT2D eigenvalue weighted by atomic mass is 10.1. The number of aliphatic carboxylic acids is 1. The van der Waals surface area contributed by atoms with Crippen molar-refractivity contribution >= 4 is 17.5 Å². The number of anilines is 2. The van der Waals surface area contributed by atoms with E-state index in [9.17, 15) is 27.9 Å². The van der Waals surface area contributed by atoms with Crippen molar-refractivity contribution in [1.29, 1.82) is 0 Å². The van der Waals surface area contributed by atoms with Crippen molar-refractivity contribution in [3.8, 4) is 11.4 Å². The Hall–Kier alpha value is -3.82. The molecule has 3 rings (SSSR count). The van der Waals surface area contributed by atoms with Gasteiger partial charge in [-0.3, -0.25) is 14.2 Å². The van der Waals surface area contributed by atoms with Crippen molar-refractivity contribution in [2.75, 3.05) is 5.32 Å². The van der Waals surface area contributed by atoms with Crippen LogP contribution in [0.2, 0.25) is 0 Å². The van der Waals surface area contributed by atoms with Crippen LogP contribution < -0.4 is 10.9 Å². The molecular weight excluding hydrogens is 403 g/mol. The SMILES string of the molecule is O=C(O)CCc1ccc(Nc2nccn(-c3ccc(C(F)(F)F)cc3O)c2=O)cc1. The summed E-state index contributed by atoms with van der Waals surface area (Å²) in [6.07, 6.45) is -1.77. The molecule has 10 heteroatoms. The van der Waals surface area contributed by atoms with E-state index in [2.05, 4.69) is 10.3 Å².